The van der Waals surface area contributed by atoms with E-state index in [0.29, 0.717) is 13.0 Å². The lowest BCUT2D eigenvalue weighted by atomic mass is 10.0. The van der Waals surface area contributed by atoms with Crippen LogP contribution in [0.5, 0.6) is 0 Å². The summed E-state index contributed by atoms with van der Waals surface area (Å²) in [5.41, 5.74) is 3.73. The van der Waals surface area contributed by atoms with Gasteiger partial charge in [-0.05, 0) is 49.1 Å². The van der Waals surface area contributed by atoms with Gasteiger partial charge in [-0.25, -0.2) is 8.42 Å². The molecule has 8 heteroatoms. The van der Waals surface area contributed by atoms with Crippen molar-refractivity contribution in [2.45, 2.75) is 51.1 Å². The number of carbonyl (C=O) groups excluding carboxylic acids is 2. The monoisotopic (exact) mass is 535 g/mol. The number of likely N-dealkylation sites (N-methyl/N-ethyl adjacent to an activating group) is 1. The molecule has 202 valence electrons. The van der Waals surface area contributed by atoms with E-state index in [2.05, 4.69) is 5.32 Å². The zero-order valence-corrected chi connectivity index (χ0v) is 23.4. The first-order chi connectivity index (χ1) is 18.1. The van der Waals surface area contributed by atoms with Crippen molar-refractivity contribution in [1.29, 1.82) is 0 Å². The second kappa shape index (κ2) is 13.3. The van der Waals surface area contributed by atoms with Gasteiger partial charge in [0, 0.05) is 26.6 Å². The molecular weight excluding hydrogens is 498 g/mol. The molecule has 1 N–H and O–H groups in total. The molecule has 0 fully saturated rings. The largest absolute Gasteiger partial charge is 0.354 e. The third kappa shape index (κ3) is 7.52. The molecule has 0 unspecified atom stereocenters. The summed E-state index contributed by atoms with van der Waals surface area (Å²) in [6.07, 6.45) is 1.06. The molecule has 0 aliphatic heterocycles. The lowest BCUT2D eigenvalue weighted by Crippen LogP contribution is -2.53. The van der Waals surface area contributed by atoms with Gasteiger partial charge in [0.25, 0.3) is 0 Å². The number of benzene rings is 3. The van der Waals surface area contributed by atoms with Crippen LogP contribution in [-0.4, -0.2) is 55.6 Å². The number of hydrogen-bond donors (Lipinski definition) is 1. The molecule has 0 aliphatic rings. The smallest absolute Gasteiger partial charge is 0.243 e. The molecule has 0 saturated heterocycles. The molecule has 0 saturated carbocycles. The summed E-state index contributed by atoms with van der Waals surface area (Å²) in [7, 11) is -2.51. The van der Waals surface area contributed by atoms with Gasteiger partial charge < -0.3 is 10.2 Å². The predicted octanol–water partition coefficient (Wildman–Crippen LogP) is 4.09. The average molecular weight is 536 g/mol. The zero-order valence-electron chi connectivity index (χ0n) is 22.6. The summed E-state index contributed by atoms with van der Waals surface area (Å²) >= 11 is 0. The molecule has 38 heavy (non-hydrogen) atoms. The van der Waals surface area contributed by atoms with Crippen LogP contribution >= 0.6 is 0 Å². The van der Waals surface area contributed by atoms with Crippen molar-refractivity contribution in [2.24, 2.45) is 0 Å². The Labute approximate surface area is 226 Å². The topological polar surface area (TPSA) is 86.8 Å². The Morgan fingerprint density at radius 1 is 0.895 bits per heavy atom. The van der Waals surface area contributed by atoms with Gasteiger partial charge >= 0.3 is 0 Å². The standard InChI is InChI=1S/C30H37N3O4S/c1-5-19-31-30(35)28(20-25-12-7-6-8-13-25)33(21-26-14-10-9-11-24(26)3)29(34)22-32(4)38(36,37)27-17-15-23(2)16-18-27/h6-18,28H,5,19-22H2,1-4H3,(H,31,35)/t28-/m0/s1. The van der Waals surface area contributed by atoms with Gasteiger partial charge in [0.2, 0.25) is 21.8 Å². The van der Waals surface area contributed by atoms with Crippen molar-refractivity contribution >= 4 is 21.8 Å². The van der Waals surface area contributed by atoms with E-state index in [-0.39, 0.29) is 17.3 Å². The molecule has 0 aliphatic carbocycles. The predicted molar refractivity (Wildman–Crippen MR) is 150 cm³/mol. The van der Waals surface area contributed by atoms with Crippen molar-refractivity contribution in [2.75, 3.05) is 20.1 Å². The van der Waals surface area contributed by atoms with E-state index in [4.69, 9.17) is 0 Å². The number of aryl methyl sites for hydroxylation is 2. The molecule has 0 heterocycles. The lowest BCUT2D eigenvalue weighted by molar-refractivity contribution is -0.141. The summed E-state index contributed by atoms with van der Waals surface area (Å²) < 4.78 is 27.5. The van der Waals surface area contributed by atoms with E-state index in [1.54, 1.807) is 12.1 Å². The Morgan fingerprint density at radius 2 is 1.53 bits per heavy atom. The van der Waals surface area contributed by atoms with Gasteiger partial charge in [-0.15, -0.1) is 0 Å². The number of rotatable bonds is 12. The fourth-order valence-electron chi connectivity index (χ4n) is 4.15. The van der Waals surface area contributed by atoms with E-state index >= 15 is 0 Å². The molecule has 0 radical (unpaired) electrons. The Hall–Kier alpha value is -3.49. The Kier molecular flexibility index (Phi) is 10.2. The lowest BCUT2D eigenvalue weighted by Gasteiger charge is -2.33. The molecule has 0 aromatic heterocycles. The van der Waals surface area contributed by atoms with Crippen LogP contribution in [0.2, 0.25) is 0 Å². The average Bonchev–Trinajstić information content (AvgIpc) is 2.91. The number of hydrogen-bond acceptors (Lipinski definition) is 4. The third-order valence-corrected chi connectivity index (χ3v) is 8.33. The highest BCUT2D eigenvalue weighted by molar-refractivity contribution is 7.89. The van der Waals surface area contributed by atoms with Gasteiger partial charge in [0.05, 0.1) is 11.4 Å². The molecule has 3 rings (SSSR count). The summed E-state index contributed by atoms with van der Waals surface area (Å²) in [6, 6.07) is 22.9. The molecule has 0 bridgehead atoms. The minimum Gasteiger partial charge on any atom is -0.354 e. The van der Waals surface area contributed by atoms with Crippen LogP contribution in [-0.2, 0) is 32.6 Å². The van der Waals surface area contributed by atoms with Crippen LogP contribution in [0.25, 0.3) is 0 Å². The quantitative estimate of drug-likeness (QED) is 0.379. The molecule has 3 aromatic carbocycles. The summed E-state index contributed by atoms with van der Waals surface area (Å²) in [4.78, 5) is 28.9. The van der Waals surface area contributed by atoms with Crippen LogP contribution < -0.4 is 5.32 Å². The fraction of sp³-hybridized carbons (Fsp3) is 0.333. The molecular formula is C30H37N3O4S. The third-order valence-electron chi connectivity index (χ3n) is 6.51. The fourth-order valence-corrected chi connectivity index (χ4v) is 5.27. The van der Waals surface area contributed by atoms with Crippen LogP contribution in [0.3, 0.4) is 0 Å². The maximum absolute atomic E-state index is 13.9. The maximum Gasteiger partial charge on any atom is 0.243 e. The van der Waals surface area contributed by atoms with Crippen molar-refractivity contribution in [1.82, 2.24) is 14.5 Å². The van der Waals surface area contributed by atoms with Crippen molar-refractivity contribution < 1.29 is 18.0 Å². The first kappa shape index (κ1) is 29.1. The zero-order chi connectivity index (χ0) is 27.7. The Bertz CT molecular complexity index is 1330. The van der Waals surface area contributed by atoms with Gasteiger partial charge in [0.1, 0.15) is 6.04 Å². The first-order valence-corrected chi connectivity index (χ1v) is 14.3. The highest BCUT2D eigenvalue weighted by Crippen LogP contribution is 2.19. The number of sulfonamides is 1. The summed E-state index contributed by atoms with van der Waals surface area (Å²) in [5, 5.41) is 2.94. The first-order valence-electron chi connectivity index (χ1n) is 12.8. The SMILES string of the molecule is CCCNC(=O)[C@H](Cc1ccccc1)N(Cc1ccccc1C)C(=O)CN(C)S(=O)(=O)c1ccc(C)cc1. The molecule has 0 spiro atoms. The number of amides is 2. The van der Waals surface area contributed by atoms with Crippen LogP contribution in [0.4, 0.5) is 0 Å². The van der Waals surface area contributed by atoms with Crippen LogP contribution in [0.1, 0.15) is 35.6 Å². The van der Waals surface area contributed by atoms with Crippen molar-refractivity contribution in [3.8, 4) is 0 Å². The van der Waals surface area contributed by atoms with Crippen molar-refractivity contribution in [3.63, 3.8) is 0 Å². The van der Waals surface area contributed by atoms with Gasteiger partial charge in [-0.1, -0.05) is 79.2 Å². The van der Waals surface area contributed by atoms with Gasteiger partial charge in [-0.3, -0.25) is 9.59 Å². The highest BCUT2D eigenvalue weighted by atomic mass is 32.2. The van der Waals surface area contributed by atoms with Gasteiger partial charge in [0.15, 0.2) is 0 Å². The second-order valence-electron chi connectivity index (χ2n) is 9.52. The van der Waals surface area contributed by atoms with E-state index < -0.39 is 28.5 Å². The molecule has 3 aromatic rings. The highest BCUT2D eigenvalue weighted by Gasteiger charge is 2.33. The number of nitrogens with one attached hydrogen (secondary N) is 1. The minimum absolute atomic E-state index is 0.116. The van der Waals surface area contributed by atoms with E-state index in [9.17, 15) is 18.0 Å². The second-order valence-corrected chi connectivity index (χ2v) is 11.6. The maximum atomic E-state index is 13.9. The van der Waals surface area contributed by atoms with Crippen molar-refractivity contribution in [3.05, 3.63) is 101 Å². The number of nitrogens with zero attached hydrogens (tertiary/aromatic N) is 2. The Balaban J connectivity index is 1.97. The number of carbonyl (C=O) groups is 2. The van der Waals surface area contributed by atoms with E-state index in [1.165, 1.54) is 24.1 Å². The molecule has 1 atom stereocenters. The summed E-state index contributed by atoms with van der Waals surface area (Å²) in [5.74, 6) is -0.708. The van der Waals surface area contributed by atoms with Crippen LogP contribution in [0.15, 0.2) is 83.8 Å². The normalized spacial score (nSPS) is 12.2. The van der Waals surface area contributed by atoms with Crippen LogP contribution in [0, 0.1) is 13.8 Å². The summed E-state index contributed by atoms with van der Waals surface area (Å²) in [6.45, 7) is 6.07. The van der Waals surface area contributed by atoms with E-state index in [0.717, 1.165) is 33.0 Å². The molecule has 2 amide bonds. The van der Waals surface area contributed by atoms with Gasteiger partial charge in [-0.2, -0.15) is 4.31 Å². The van der Waals surface area contributed by atoms with E-state index in [1.807, 2.05) is 75.4 Å². The molecule has 7 nitrogen and oxygen atoms in total. The Morgan fingerprint density at radius 3 is 2.16 bits per heavy atom. The minimum atomic E-state index is -3.90.